The third kappa shape index (κ3) is 6.79. The molecule has 1 atom stereocenters. The second-order valence-electron chi connectivity index (χ2n) is 6.75. The molecule has 0 unspecified atom stereocenters. The van der Waals surface area contributed by atoms with Gasteiger partial charge in [0.05, 0.1) is 26.0 Å². The maximum Gasteiger partial charge on any atom is 0.246 e. The largest absolute Gasteiger partial charge is 0.497 e. The maximum atomic E-state index is 12.3. The molecule has 0 saturated carbocycles. The van der Waals surface area contributed by atoms with Gasteiger partial charge in [-0.2, -0.15) is 0 Å². The number of methoxy groups -OCH3 is 1. The van der Waals surface area contributed by atoms with Gasteiger partial charge in [-0.15, -0.1) is 0 Å². The van der Waals surface area contributed by atoms with Crippen LogP contribution in [0.3, 0.4) is 0 Å². The number of nitrogens with one attached hydrogen (secondary N) is 2. The van der Waals surface area contributed by atoms with E-state index in [1.54, 1.807) is 25.3 Å². The van der Waals surface area contributed by atoms with Crippen LogP contribution in [0.25, 0.3) is 11.0 Å². The number of carbonyl (C=O) groups is 3. The van der Waals surface area contributed by atoms with E-state index in [4.69, 9.17) is 9.15 Å². The molecule has 9 nitrogen and oxygen atoms in total. The predicted octanol–water partition coefficient (Wildman–Crippen LogP) is 2.18. The number of amides is 3. The number of hydrogen-bond donors (Lipinski definition) is 3. The molecule has 0 spiro atoms. The van der Waals surface area contributed by atoms with Crippen LogP contribution in [0, 0.1) is 5.92 Å². The fourth-order valence-corrected chi connectivity index (χ4v) is 2.93. The Kier molecular flexibility index (Phi) is 8.47. The number of hydrazine groups is 1. The Hall–Kier alpha value is -3.07. The zero-order valence-corrected chi connectivity index (χ0v) is 16.6. The number of unbranched alkanes of at least 4 members (excludes halogenated alkanes) is 2. The van der Waals surface area contributed by atoms with Gasteiger partial charge in [0.1, 0.15) is 17.1 Å². The topological polar surface area (TPSA) is 121 Å². The molecule has 0 aliphatic rings. The van der Waals surface area contributed by atoms with Gasteiger partial charge in [0.2, 0.25) is 18.2 Å². The van der Waals surface area contributed by atoms with Crippen LogP contribution in [-0.4, -0.2) is 42.1 Å². The molecule has 3 N–H and O–H groups in total. The van der Waals surface area contributed by atoms with Crippen molar-refractivity contribution in [3.8, 4) is 5.75 Å². The minimum atomic E-state index is -0.629. The van der Waals surface area contributed by atoms with Crippen LogP contribution in [-0.2, 0) is 20.8 Å². The zero-order chi connectivity index (χ0) is 21.2. The first-order chi connectivity index (χ1) is 14.0. The fourth-order valence-electron chi connectivity index (χ4n) is 2.93. The third-order valence-electron chi connectivity index (χ3n) is 4.49. The maximum absolute atomic E-state index is 12.3. The quantitative estimate of drug-likeness (QED) is 0.228. The summed E-state index contributed by atoms with van der Waals surface area (Å²) in [5, 5.41) is 10.7. The number of carbonyl (C=O) groups excluding carboxylic acids is 3. The Bertz CT molecular complexity index is 835. The van der Waals surface area contributed by atoms with Crippen LogP contribution in [0.1, 0.15) is 38.4 Å². The number of benzene rings is 1. The third-order valence-corrected chi connectivity index (χ3v) is 4.49. The molecule has 29 heavy (non-hydrogen) atoms. The SMILES string of the molecule is CCCCC[C@H](CN(O)C=O)C(=O)NNC(=O)Cc1cc2ccc(OC)cc2o1. The van der Waals surface area contributed by atoms with Gasteiger partial charge in [-0.3, -0.25) is 30.4 Å². The predicted molar refractivity (Wildman–Crippen MR) is 105 cm³/mol. The molecule has 9 heteroatoms. The smallest absolute Gasteiger partial charge is 0.246 e. The first kappa shape index (κ1) is 22.2. The van der Waals surface area contributed by atoms with Crippen LogP contribution in [0.5, 0.6) is 5.75 Å². The summed E-state index contributed by atoms with van der Waals surface area (Å²) in [6.07, 6.45) is 3.36. The van der Waals surface area contributed by atoms with Gasteiger partial charge in [0, 0.05) is 11.5 Å². The van der Waals surface area contributed by atoms with Crippen LogP contribution < -0.4 is 15.6 Å². The van der Waals surface area contributed by atoms with Gasteiger partial charge >= 0.3 is 0 Å². The van der Waals surface area contributed by atoms with Gasteiger partial charge in [-0.1, -0.05) is 26.2 Å². The minimum absolute atomic E-state index is 0.0573. The molecule has 1 heterocycles. The van der Waals surface area contributed by atoms with Gasteiger partial charge in [-0.05, 0) is 24.6 Å². The molecule has 0 radical (unpaired) electrons. The summed E-state index contributed by atoms with van der Waals surface area (Å²) in [4.78, 5) is 35.1. The second kappa shape index (κ2) is 11.1. The van der Waals surface area contributed by atoms with E-state index in [1.165, 1.54) is 0 Å². The summed E-state index contributed by atoms with van der Waals surface area (Å²) in [5.74, 6) is -0.451. The number of fused-ring (bicyclic) bond motifs is 1. The molecule has 2 aromatic rings. The molecule has 0 saturated heterocycles. The van der Waals surface area contributed by atoms with Crippen molar-refractivity contribution in [2.45, 2.75) is 39.0 Å². The highest BCUT2D eigenvalue weighted by atomic mass is 16.5. The van der Waals surface area contributed by atoms with Crippen molar-refractivity contribution in [1.82, 2.24) is 15.9 Å². The first-order valence-electron chi connectivity index (χ1n) is 9.52. The molecule has 0 fully saturated rings. The average molecular weight is 405 g/mol. The lowest BCUT2D eigenvalue weighted by atomic mass is 10.0. The normalized spacial score (nSPS) is 11.7. The van der Waals surface area contributed by atoms with Gasteiger partial charge in [0.25, 0.3) is 0 Å². The van der Waals surface area contributed by atoms with E-state index in [0.29, 0.717) is 28.6 Å². The van der Waals surface area contributed by atoms with Gasteiger partial charge in [0.15, 0.2) is 0 Å². The Labute approximate surface area is 168 Å². The van der Waals surface area contributed by atoms with Crippen molar-refractivity contribution < 1.29 is 28.7 Å². The number of rotatable bonds is 11. The molecular formula is C20H27N3O6. The minimum Gasteiger partial charge on any atom is -0.497 e. The van der Waals surface area contributed by atoms with Crippen molar-refractivity contribution in [3.63, 3.8) is 0 Å². The molecule has 0 aliphatic heterocycles. The van der Waals surface area contributed by atoms with Crippen molar-refractivity contribution >= 4 is 29.2 Å². The first-order valence-corrected chi connectivity index (χ1v) is 9.52. The highest BCUT2D eigenvalue weighted by Gasteiger charge is 2.21. The Morgan fingerprint density at radius 3 is 2.76 bits per heavy atom. The molecule has 3 amide bonds. The van der Waals surface area contributed by atoms with E-state index in [-0.39, 0.29) is 19.4 Å². The fraction of sp³-hybridized carbons (Fsp3) is 0.450. The number of furan rings is 1. The van der Waals surface area contributed by atoms with Crippen LogP contribution in [0.15, 0.2) is 28.7 Å². The summed E-state index contributed by atoms with van der Waals surface area (Å²) in [7, 11) is 1.56. The van der Waals surface area contributed by atoms with E-state index < -0.39 is 17.7 Å². The number of hydrogen-bond acceptors (Lipinski definition) is 6. The average Bonchev–Trinajstić information content (AvgIpc) is 3.12. The van der Waals surface area contributed by atoms with Gasteiger partial charge in [-0.25, -0.2) is 5.06 Å². The summed E-state index contributed by atoms with van der Waals surface area (Å²) >= 11 is 0. The lowest BCUT2D eigenvalue weighted by molar-refractivity contribution is -0.155. The van der Waals surface area contributed by atoms with E-state index in [1.807, 2.05) is 13.0 Å². The van der Waals surface area contributed by atoms with Gasteiger partial charge < -0.3 is 9.15 Å². The lowest BCUT2D eigenvalue weighted by Gasteiger charge is -2.19. The summed E-state index contributed by atoms with van der Waals surface area (Å²) in [5.41, 5.74) is 5.31. The van der Waals surface area contributed by atoms with Crippen LogP contribution in [0.4, 0.5) is 0 Å². The number of nitrogens with zero attached hydrogens (tertiary/aromatic N) is 1. The zero-order valence-electron chi connectivity index (χ0n) is 16.6. The summed E-state index contributed by atoms with van der Waals surface area (Å²) < 4.78 is 10.8. The Morgan fingerprint density at radius 2 is 2.07 bits per heavy atom. The van der Waals surface area contributed by atoms with Crippen LogP contribution >= 0.6 is 0 Å². The number of hydroxylamine groups is 2. The highest BCUT2D eigenvalue weighted by molar-refractivity contribution is 5.85. The second-order valence-corrected chi connectivity index (χ2v) is 6.75. The summed E-state index contributed by atoms with van der Waals surface area (Å²) in [6, 6.07) is 7.10. The Morgan fingerprint density at radius 1 is 1.28 bits per heavy atom. The molecule has 0 bridgehead atoms. The summed E-state index contributed by atoms with van der Waals surface area (Å²) in [6.45, 7) is 1.90. The molecule has 158 valence electrons. The van der Waals surface area contributed by atoms with E-state index in [0.717, 1.165) is 24.6 Å². The van der Waals surface area contributed by atoms with Crippen molar-refractivity contribution in [3.05, 3.63) is 30.0 Å². The van der Waals surface area contributed by atoms with Crippen molar-refractivity contribution in [2.75, 3.05) is 13.7 Å². The highest BCUT2D eigenvalue weighted by Crippen LogP contribution is 2.24. The van der Waals surface area contributed by atoms with Crippen molar-refractivity contribution in [2.24, 2.45) is 5.92 Å². The molecule has 1 aromatic carbocycles. The number of ether oxygens (including phenoxy) is 1. The Balaban J connectivity index is 1.89. The monoisotopic (exact) mass is 405 g/mol. The molecular weight excluding hydrogens is 378 g/mol. The molecule has 1 aromatic heterocycles. The molecule has 0 aliphatic carbocycles. The van der Waals surface area contributed by atoms with Crippen molar-refractivity contribution in [1.29, 1.82) is 0 Å². The van der Waals surface area contributed by atoms with E-state index in [9.17, 15) is 19.6 Å². The van der Waals surface area contributed by atoms with E-state index >= 15 is 0 Å². The van der Waals surface area contributed by atoms with Crippen LogP contribution in [0.2, 0.25) is 0 Å². The lowest BCUT2D eigenvalue weighted by Crippen LogP contribution is -2.47. The standard InChI is InChI=1S/C20H27N3O6/c1-3-4-5-6-15(12-23(27)13-24)20(26)22-21-19(25)11-17-9-14-7-8-16(28-2)10-18(14)29-17/h7-10,13,15,27H,3-6,11-12H2,1-2H3,(H,21,25)(H,22,26)/t15-/m1/s1. The van der Waals surface area contributed by atoms with E-state index in [2.05, 4.69) is 10.9 Å². The molecule has 2 rings (SSSR count).